The minimum absolute atomic E-state index is 0.150. The Morgan fingerprint density at radius 2 is 2.22 bits per heavy atom. The highest BCUT2D eigenvalue weighted by atomic mass is 19.1. The molecular formula is C12H15FN4O. The molecule has 0 saturated carbocycles. The normalized spacial score (nSPS) is 12.9. The van der Waals surface area contributed by atoms with Gasteiger partial charge >= 0.3 is 0 Å². The fourth-order valence-electron chi connectivity index (χ4n) is 1.79. The van der Waals surface area contributed by atoms with Crippen LogP contribution in [-0.2, 0) is 6.42 Å². The summed E-state index contributed by atoms with van der Waals surface area (Å²) >= 11 is 0. The number of aromatic nitrogens is 4. The van der Waals surface area contributed by atoms with Crippen molar-refractivity contribution in [3.8, 4) is 0 Å². The van der Waals surface area contributed by atoms with Gasteiger partial charge in [-0.2, -0.15) is 5.10 Å². The Kier molecular flexibility index (Phi) is 3.66. The van der Waals surface area contributed by atoms with E-state index in [9.17, 15) is 9.50 Å². The van der Waals surface area contributed by atoms with Crippen LogP contribution in [0.2, 0.25) is 0 Å². The van der Waals surface area contributed by atoms with Gasteiger partial charge in [0.2, 0.25) is 0 Å². The van der Waals surface area contributed by atoms with E-state index in [2.05, 4.69) is 15.1 Å². The lowest BCUT2D eigenvalue weighted by Crippen LogP contribution is -2.13. The van der Waals surface area contributed by atoms with Crippen molar-refractivity contribution in [2.45, 2.75) is 32.4 Å². The zero-order valence-corrected chi connectivity index (χ0v) is 10.3. The lowest BCUT2D eigenvalue weighted by Gasteiger charge is -2.13. The van der Waals surface area contributed by atoms with Crippen molar-refractivity contribution in [1.82, 2.24) is 19.7 Å². The molecule has 1 unspecified atom stereocenters. The van der Waals surface area contributed by atoms with Gasteiger partial charge in [-0.3, -0.25) is 4.98 Å². The Balaban J connectivity index is 2.19. The minimum Gasteiger partial charge on any atom is -0.388 e. The summed E-state index contributed by atoms with van der Waals surface area (Å²) in [4.78, 5) is 7.74. The maximum atomic E-state index is 13.5. The number of pyridine rings is 1. The molecule has 0 aliphatic heterocycles. The standard InChI is InChI=1S/C12H15FN4O/c1-8(2)17-12(15-7-16-17)5-11(18)9-3-4-14-6-10(9)13/h3-4,6-8,11,18H,5H2,1-2H3. The van der Waals surface area contributed by atoms with Gasteiger partial charge in [-0.15, -0.1) is 0 Å². The maximum absolute atomic E-state index is 13.5. The summed E-state index contributed by atoms with van der Waals surface area (Å²) < 4.78 is 15.2. The molecule has 0 radical (unpaired) electrons. The van der Waals surface area contributed by atoms with Crippen LogP contribution in [0, 0.1) is 5.82 Å². The molecule has 0 aromatic carbocycles. The van der Waals surface area contributed by atoms with E-state index in [1.807, 2.05) is 13.8 Å². The van der Waals surface area contributed by atoms with Crippen molar-refractivity contribution in [2.75, 3.05) is 0 Å². The van der Waals surface area contributed by atoms with Gasteiger partial charge in [-0.05, 0) is 19.9 Å². The predicted molar refractivity (Wildman–Crippen MR) is 63.3 cm³/mol. The van der Waals surface area contributed by atoms with Gasteiger partial charge in [0.15, 0.2) is 0 Å². The highest BCUT2D eigenvalue weighted by Gasteiger charge is 2.17. The smallest absolute Gasteiger partial charge is 0.147 e. The summed E-state index contributed by atoms with van der Waals surface area (Å²) in [7, 11) is 0. The monoisotopic (exact) mass is 250 g/mol. The van der Waals surface area contributed by atoms with Crippen molar-refractivity contribution in [2.24, 2.45) is 0 Å². The predicted octanol–water partition coefficient (Wildman–Crippen LogP) is 1.67. The van der Waals surface area contributed by atoms with Crippen LogP contribution in [0.4, 0.5) is 4.39 Å². The van der Waals surface area contributed by atoms with E-state index in [0.29, 0.717) is 5.82 Å². The number of nitrogens with zero attached hydrogens (tertiary/aromatic N) is 4. The van der Waals surface area contributed by atoms with E-state index >= 15 is 0 Å². The van der Waals surface area contributed by atoms with Crippen molar-refractivity contribution >= 4 is 0 Å². The van der Waals surface area contributed by atoms with Crippen LogP contribution in [0.5, 0.6) is 0 Å². The van der Waals surface area contributed by atoms with Gasteiger partial charge in [0.1, 0.15) is 18.0 Å². The van der Waals surface area contributed by atoms with Crippen LogP contribution in [0.1, 0.15) is 37.4 Å². The molecule has 0 saturated heterocycles. The zero-order valence-electron chi connectivity index (χ0n) is 10.3. The van der Waals surface area contributed by atoms with E-state index in [1.165, 1.54) is 18.6 Å². The zero-order chi connectivity index (χ0) is 13.1. The molecule has 6 heteroatoms. The first-order valence-corrected chi connectivity index (χ1v) is 5.75. The first-order chi connectivity index (χ1) is 8.59. The first kappa shape index (κ1) is 12.6. The molecule has 18 heavy (non-hydrogen) atoms. The van der Waals surface area contributed by atoms with Crippen molar-refractivity contribution < 1.29 is 9.50 Å². The van der Waals surface area contributed by atoms with E-state index < -0.39 is 11.9 Å². The SMILES string of the molecule is CC(C)n1ncnc1CC(O)c1ccncc1F. The number of aliphatic hydroxyl groups excluding tert-OH is 1. The lowest BCUT2D eigenvalue weighted by atomic mass is 10.1. The highest BCUT2D eigenvalue weighted by molar-refractivity contribution is 5.16. The van der Waals surface area contributed by atoms with E-state index in [4.69, 9.17) is 0 Å². The molecule has 0 fully saturated rings. The molecule has 1 N–H and O–H groups in total. The van der Waals surface area contributed by atoms with E-state index in [0.717, 1.165) is 6.20 Å². The van der Waals surface area contributed by atoms with Crippen LogP contribution in [0.25, 0.3) is 0 Å². The van der Waals surface area contributed by atoms with E-state index in [-0.39, 0.29) is 18.0 Å². The van der Waals surface area contributed by atoms with Crippen molar-refractivity contribution in [3.05, 3.63) is 42.0 Å². The maximum Gasteiger partial charge on any atom is 0.147 e. The van der Waals surface area contributed by atoms with Gasteiger partial charge in [-0.1, -0.05) is 0 Å². The Bertz CT molecular complexity index is 526. The van der Waals surface area contributed by atoms with Gasteiger partial charge in [0, 0.05) is 24.2 Å². The summed E-state index contributed by atoms with van der Waals surface area (Å²) in [6.07, 6.45) is 3.25. The Morgan fingerprint density at radius 1 is 1.44 bits per heavy atom. The summed E-state index contributed by atoms with van der Waals surface area (Å²) in [5.41, 5.74) is 0.225. The third-order valence-electron chi connectivity index (χ3n) is 2.68. The lowest BCUT2D eigenvalue weighted by molar-refractivity contribution is 0.168. The molecule has 2 aromatic rings. The second-order valence-electron chi connectivity index (χ2n) is 4.33. The van der Waals surface area contributed by atoms with Crippen LogP contribution < -0.4 is 0 Å². The van der Waals surface area contributed by atoms with Crippen LogP contribution in [0.3, 0.4) is 0 Å². The van der Waals surface area contributed by atoms with Crippen LogP contribution in [-0.4, -0.2) is 24.9 Å². The minimum atomic E-state index is -0.949. The molecule has 96 valence electrons. The Labute approximate surface area is 104 Å². The molecule has 0 aliphatic rings. The average molecular weight is 250 g/mol. The third-order valence-corrected chi connectivity index (χ3v) is 2.68. The van der Waals surface area contributed by atoms with Gasteiger partial charge in [0.05, 0.1) is 12.3 Å². The summed E-state index contributed by atoms with van der Waals surface area (Å²) in [6.45, 7) is 3.94. The van der Waals surface area contributed by atoms with Crippen LogP contribution >= 0.6 is 0 Å². The van der Waals surface area contributed by atoms with E-state index in [1.54, 1.807) is 4.68 Å². The number of halogens is 1. The third kappa shape index (κ3) is 2.53. The topological polar surface area (TPSA) is 63.8 Å². The molecule has 1 atom stereocenters. The molecular weight excluding hydrogens is 235 g/mol. The molecule has 0 amide bonds. The van der Waals surface area contributed by atoms with Crippen molar-refractivity contribution in [3.63, 3.8) is 0 Å². The average Bonchev–Trinajstić information content (AvgIpc) is 2.77. The second kappa shape index (κ2) is 5.22. The number of hydrogen-bond acceptors (Lipinski definition) is 4. The fourth-order valence-corrected chi connectivity index (χ4v) is 1.79. The largest absolute Gasteiger partial charge is 0.388 e. The van der Waals surface area contributed by atoms with Crippen molar-refractivity contribution in [1.29, 1.82) is 0 Å². The molecule has 0 bridgehead atoms. The number of hydrogen-bond donors (Lipinski definition) is 1. The summed E-state index contributed by atoms with van der Waals surface area (Å²) in [5.74, 6) is 0.120. The first-order valence-electron chi connectivity index (χ1n) is 5.75. The molecule has 2 aromatic heterocycles. The molecule has 0 aliphatic carbocycles. The summed E-state index contributed by atoms with van der Waals surface area (Å²) in [6, 6.07) is 1.62. The fraction of sp³-hybridized carbons (Fsp3) is 0.417. The molecule has 5 nitrogen and oxygen atoms in total. The Morgan fingerprint density at radius 3 is 2.89 bits per heavy atom. The van der Waals surface area contributed by atoms with Gasteiger partial charge < -0.3 is 5.11 Å². The quantitative estimate of drug-likeness (QED) is 0.896. The number of rotatable bonds is 4. The van der Waals surface area contributed by atoms with Gasteiger partial charge in [-0.25, -0.2) is 14.1 Å². The van der Waals surface area contributed by atoms with Gasteiger partial charge in [0.25, 0.3) is 0 Å². The molecule has 2 rings (SSSR count). The second-order valence-corrected chi connectivity index (χ2v) is 4.33. The van der Waals surface area contributed by atoms with Crippen LogP contribution in [0.15, 0.2) is 24.8 Å². The Hall–Kier alpha value is -1.82. The number of aliphatic hydroxyl groups is 1. The summed E-state index contributed by atoms with van der Waals surface area (Å²) in [5, 5.41) is 14.1. The molecule has 0 spiro atoms. The highest BCUT2D eigenvalue weighted by Crippen LogP contribution is 2.20. The molecule has 2 heterocycles.